The molecule has 0 fully saturated rings. The van der Waals surface area contributed by atoms with Crippen LogP contribution in [0.25, 0.3) is 0 Å². The highest BCUT2D eigenvalue weighted by Gasteiger charge is 2.14. The van der Waals surface area contributed by atoms with Gasteiger partial charge in [0.15, 0.2) is 0 Å². The highest BCUT2D eigenvalue weighted by atomic mass is 79.9. The van der Waals surface area contributed by atoms with Crippen molar-refractivity contribution in [3.63, 3.8) is 0 Å². The fraction of sp³-hybridized carbons (Fsp3) is 0.133. The molecule has 0 saturated heterocycles. The number of rotatable bonds is 5. The van der Waals surface area contributed by atoms with Crippen molar-refractivity contribution in [2.45, 2.75) is 13.1 Å². The van der Waals surface area contributed by atoms with Crippen LogP contribution in [0.4, 0.5) is 5.69 Å². The lowest BCUT2D eigenvalue weighted by atomic mass is 10.1. The first-order valence-electron chi connectivity index (χ1n) is 6.23. The summed E-state index contributed by atoms with van der Waals surface area (Å²) in [6.07, 6.45) is 0. The summed E-state index contributed by atoms with van der Waals surface area (Å²) in [5.74, 6) is 0. The number of nitro benzene ring substituents is 1. The van der Waals surface area contributed by atoms with Gasteiger partial charge in [0.2, 0.25) is 0 Å². The predicted molar refractivity (Wildman–Crippen MR) is 82.5 cm³/mol. The third kappa shape index (κ3) is 3.88. The molecule has 2 aromatic rings. The Balaban J connectivity index is 2.02. The SMILES string of the molecule is N#Cc1cccc(CNCc2cccc([N+](=O)[O-])c2Br)c1. The zero-order chi connectivity index (χ0) is 15.2. The lowest BCUT2D eigenvalue weighted by molar-refractivity contribution is -0.385. The van der Waals surface area contributed by atoms with Crippen LogP contribution in [0, 0.1) is 21.4 Å². The Labute approximate surface area is 130 Å². The normalized spacial score (nSPS) is 10.1. The standard InChI is InChI=1S/C15H12BrN3O2/c16-15-13(5-2-6-14(15)19(20)21)10-18-9-12-4-1-3-11(7-12)8-17/h1-7,18H,9-10H2. The second kappa shape index (κ2) is 6.97. The van der Waals surface area contributed by atoms with Gasteiger partial charge in [-0.25, -0.2) is 0 Å². The van der Waals surface area contributed by atoms with E-state index in [9.17, 15) is 10.1 Å². The largest absolute Gasteiger partial charge is 0.309 e. The Morgan fingerprint density at radius 2 is 2.00 bits per heavy atom. The maximum Gasteiger partial charge on any atom is 0.283 e. The molecule has 2 aromatic carbocycles. The molecule has 0 saturated carbocycles. The van der Waals surface area contributed by atoms with Crippen molar-refractivity contribution in [2.75, 3.05) is 0 Å². The molecule has 1 N–H and O–H groups in total. The van der Waals surface area contributed by atoms with Crippen molar-refractivity contribution in [1.82, 2.24) is 5.32 Å². The molecule has 0 aliphatic rings. The van der Waals surface area contributed by atoms with Gasteiger partial charge >= 0.3 is 0 Å². The van der Waals surface area contributed by atoms with Gasteiger partial charge in [0, 0.05) is 19.2 Å². The van der Waals surface area contributed by atoms with E-state index in [2.05, 4.69) is 27.3 Å². The van der Waals surface area contributed by atoms with E-state index in [1.54, 1.807) is 12.1 Å². The molecule has 0 amide bonds. The number of nitriles is 1. The van der Waals surface area contributed by atoms with Crippen molar-refractivity contribution in [3.05, 3.63) is 73.7 Å². The Hall–Kier alpha value is -2.23. The second-order valence-corrected chi connectivity index (χ2v) is 5.22. The van der Waals surface area contributed by atoms with E-state index in [1.165, 1.54) is 6.07 Å². The van der Waals surface area contributed by atoms with Crippen LogP contribution in [0.2, 0.25) is 0 Å². The number of nitrogens with one attached hydrogen (secondary N) is 1. The Bertz CT molecular complexity index is 710. The number of nitro groups is 1. The Morgan fingerprint density at radius 3 is 2.71 bits per heavy atom. The van der Waals surface area contributed by atoms with E-state index >= 15 is 0 Å². The van der Waals surface area contributed by atoms with E-state index in [1.807, 2.05) is 24.3 Å². The molecule has 0 unspecified atom stereocenters. The van der Waals surface area contributed by atoms with Crippen molar-refractivity contribution in [3.8, 4) is 6.07 Å². The third-order valence-electron chi connectivity index (χ3n) is 2.96. The zero-order valence-corrected chi connectivity index (χ0v) is 12.6. The van der Waals surface area contributed by atoms with Crippen molar-refractivity contribution >= 4 is 21.6 Å². The Morgan fingerprint density at radius 1 is 1.24 bits per heavy atom. The summed E-state index contributed by atoms with van der Waals surface area (Å²) in [5.41, 5.74) is 2.49. The molecule has 0 atom stereocenters. The molecule has 21 heavy (non-hydrogen) atoms. The summed E-state index contributed by atoms with van der Waals surface area (Å²) >= 11 is 3.27. The highest BCUT2D eigenvalue weighted by Crippen LogP contribution is 2.28. The van der Waals surface area contributed by atoms with E-state index in [0.29, 0.717) is 23.1 Å². The molecule has 106 valence electrons. The first kappa shape index (κ1) is 15.2. The molecule has 0 aromatic heterocycles. The van der Waals surface area contributed by atoms with Crippen molar-refractivity contribution < 1.29 is 4.92 Å². The minimum absolute atomic E-state index is 0.0563. The lowest BCUT2D eigenvalue weighted by Gasteiger charge is -2.07. The van der Waals surface area contributed by atoms with Crippen LogP contribution in [0.1, 0.15) is 16.7 Å². The molecule has 0 heterocycles. The fourth-order valence-corrected chi connectivity index (χ4v) is 2.49. The van der Waals surface area contributed by atoms with E-state index < -0.39 is 4.92 Å². The van der Waals surface area contributed by atoms with Crippen LogP contribution in [0.5, 0.6) is 0 Å². The zero-order valence-electron chi connectivity index (χ0n) is 11.0. The molecule has 5 nitrogen and oxygen atoms in total. The number of benzene rings is 2. The van der Waals surface area contributed by atoms with Crippen LogP contribution < -0.4 is 5.32 Å². The predicted octanol–water partition coefficient (Wildman–Crippen LogP) is 3.52. The smallest absolute Gasteiger partial charge is 0.283 e. The molecule has 0 aliphatic heterocycles. The third-order valence-corrected chi connectivity index (χ3v) is 3.87. The fourth-order valence-electron chi connectivity index (χ4n) is 1.94. The van der Waals surface area contributed by atoms with E-state index in [0.717, 1.165) is 11.1 Å². The molecule has 0 bridgehead atoms. The monoisotopic (exact) mass is 345 g/mol. The molecule has 0 aliphatic carbocycles. The maximum absolute atomic E-state index is 10.9. The van der Waals surface area contributed by atoms with E-state index in [4.69, 9.17) is 5.26 Å². The number of hydrogen-bond donors (Lipinski definition) is 1. The molecule has 0 radical (unpaired) electrons. The van der Waals surface area contributed by atoms with Gasteiger partial charge < -0.3 is 5.32 Å². The number of hydrogen-bond acceptors (Lipinski definition) is 4. The summed E-state index contributed by atoms with van der Waals surface area (Å²) in [5, 5.41) is 22.9. The minimum atomic E-state index is -0.413. The second-order valence-electron chi connectivity index (χ2n) is 4.42. The minimum Gasteiger partial charge on any atom is -0.309 e. The van der Waals surface area contributed by atoms with Crippen LogP contribution in [0.15, 0.2) is 46.9 Å². The summed E-state index contributed by atoms with van der Waals surface area (Å²) in [7, 11) is 0. The van der Waals surface area contributed by atoms with Crippen LogP contribution in [-0.2, 0) is 13.1 Å². The van der Waals surface area contributed by atoms with Crippen LogP contribution in [-0.4, -0.2) is 4.92 Å². The van der Waals surface area contributed by atoms with Crippen LogP contribution in [0.3, 0.4) is 0 Å². The van der Waals surface area contributed by atoms with Gasteiger partial charge in [0.05, 0.1) is 21.0 Å². The van der Waals surface area contributed by atoms with Crippen LogP contribution >= 0.6 is 15.9 Å². The average Bonchev–Trinajstić information content (AvgIpc) is 2.49. The molecule has 6 heteroatoms. The van der Waals surface area contributed by atoms with Gasteiger partial charge in [0.1, 0.15) is 0 Å². The quantitative estimate of drug-likeness (QED) is 0.664. The first-order chi connectivity index (χ1) is 10.1. The summed E-state index contributed by atoms with van der Waals surface area (Å²) in [6.45, 7) is 1.09. The maximum atomic E-state index is 10.9. The molecular formula is C15H12BrN3O2. The van der Waals surface area contributed by atoms with Gasteiger partial charge in [-0.15, -0.1) is 0 Å². The topological polar surface area (TPSA) is 79.0 Å². The van der Waals surface area contributed by atoms with Gasteiger partial charge in [-0.05, 0) is 39.2 Å². The van der Waals surface area contributed by atoms with E-state index in [-0.39, 0.29) is 5.69 Å². The van der Waals surface area contributed by atoms with Gasteiger partial charge in [0.25, 0.3) is 5.69 Å². The first-order valence-corrected chi connectivity index (χ1v) is 7.02. The molecule has 0 spiro atoms. The average molecular weight is 346 g/mol. The Kier molecular flexibility index (Phi) is 5.04. The molecular weight excluding hydrogens is 334 g/mol. The summed E-state index contributed by atoms with van der Waals surface area (Å²) in [6, 6.07) is 14.4. The van der Waals surface area contributed by atoms with Gasteiger partial charge in [-0.1, -0.05) is 24.3 Å². The number of halogens is 1. The summed E-state index contributed by atoms with van der Waals surface area (Å²) in [4.78, 5) is 10.5. The van der Waals surface area contributed by atoms with Crippen molar-refractivity contribution in [1.29, 1.82) is 5.26 Å². The lowest BCUT2D eigenvalue weighted by Crippen LogP contribution is -2.13. The van der Waals surface area contributed by atoms with Gasteiger partial charge in [-0.3, -0.25) is 10.1 Å². The highest BCUT2D eigenvalue weighted by molar-refractivity contribution is 9.10. The van der Waals surface area contributed by atoms with Crippen molar-refractivity contribution in [2.24, 2.45) is 0 Å². The summed E-state index contributed by atoms with van der Waals surface area (Å²) < 4.78 is 0.494. The molecule has 2 rings (SSSR count). The number of nitrogens with zero attached hydrogens (tertiary/aromatic N) is 2. The van der Waals surface area contributed by atoms with Gasteiger partial charge in [-0.2, -0.15) is 5.26 Å².